The second-order valence-corrected chi connectivity index (χ2v) is 8.20. The summed E-state index contributed by atoms with van der Waals surface area (Å²) in [6, 6.07) is 5.42. The van der Waals surface area contributed by atoms with Crippen molar-refractivity contribution >= 4 is 5.91 Å². The van der Waals surface area contributed by atoms with Gasteiger partial charge in [-0.15, -0.1) is 0 Å². The molecule has 8 nitrogen and oxygen atoms in total. The van der Waals surface area contributed by atoms with E-state index in [1.165, 1.54) is 0 Å². The number of imidazole rings is 1. The molecule has 8 heteroatoms. The Morgan fingerprint density at radius 1 is 1.40 bits per heavy atom. The Morgan fingerprint density at radius 2 is 2.13 bits per heavy atom. The molecule has 1 fully saturated rings. The van der Waals surface area contributed by atoms with Gasteiger partial charge in [0.1, 0.15) is 29.1 Å². The molecular formula is C22H26N4O4. The van der Waals surface area contributed by atoms with Crippen LogP contribution in [-0.2, 0) is 6.54 Å². The fourth-order valence-corrected chi connectivity index (χ4v) is 3.93. The molecule has 4 rings (SSSR count). The molecule has 4 N–H and O–H groups in total. The molecule has 158 valence electrons. The van der Waals surface area contributed by atoms with Crippen LogP contribution in [-0.4, -0.2) is 62.6 Å². The number of likely N-dealkylation sites (N-methyl/N-ethyl adjacent to an activating group) is 1. The number of amides is 1. The molecule has 0 spiro atoms. The minimum absolute atomic E-state index is 0.146. The van der Waals surface area contributed by atoms with Gasteiger partial charge in [-0.25, -0.2) is 4.98 Å². The third kappa shape index (κ3) is 3.92. The maximum Gasteiger partial charge on any atom is 0.268 e. The van der Waals surface area contributed by atoms with Gasteiger partial charge in [0.25, 0.3) is 5.91 Å². The smallest absolute Gasteiger partial charge is 0.268 e. The number of nitrogens with two attached hydrogens (primary N) is 1. The van der Waals surface area contributed by atoms with Gasteiger partial charge in [0.05, 0.1) is 12.1 Å². The number of benzene rings is 1. The van der Waals surface area contributed by atoms with Crippen LogP contribution in [0.1, 0.15) is 41.7 Å². The fraction of sp³-hybridized carbons (Fsp3) is 0.455. The topological polar surface area (TPSA) is 114 Å². The molecule has 1 aliphatic heterocycles. The first-order chi connectivity index (χ1) is 14.3. The van der Waals surface area contributed by atoms with Crippen molar-refractivity contribution in [2.75, 3.05) is 14.1 Å². The van der Waals surface area contributed by atoms with E-state index in [0.717, 1.165) is 12.8 Å². The van der Waals surface area contributed by atoms with E-state index in [9.17, 15) is 15.0 Å². The summed E-state index contributed by atoms with van der Waals surface area (Å²) in [7, 11) is 3.52. The number of fused-ring (bicyclic) bond motifs is 3. The number of primary amides is 1. The van der Waals surface area contributed by atoms with Gasteiger partial charge in [0, 0.05) is 11.8 Å². The number of rotatable bonds is 3. The number of carbonyl (C=O) groups excluding carboxylic acids is 1. The molecule has 0 saturated heterocycles. The Balaban J connectivity index is 1.77. The maximum absolute atomic E-state index is 11.7. The number of hydrogen-bond donors (Lipinski definition) is 3. The molecule has 1 aromatic heterocycles. The minimum atomic E-state index is -0.929. The van der Waals surface area contributed by atoms with Crippen molar-refractivity contribution in [3.05, 3.63) is 35.7 Å². The Bertz CT molecular complexity index is 1030. The minimum Gasteiger partial charge on any atom is -0.484 e. The third-order valence-electron chi connectivity index (χ3n) is 5.64. The van der Waals surface area contributed by atoms with E-state index in [1.54, 1.807) is 35.8 Å². The highest BCUT2D eigenvalue weighted by Crippen LogP contribution is 2.35. The van der Waals surface area contributed by atoms with E-state index in [0.29, 0.717) is 42.1 Å². The Kier molecular flexibility index (Phi) is 5.28. The zero-order valence-electron chi connectivity index (χ0n) is 17.1. The molecule has 2 aliphatic rings. The summed E-state index contributed by atoms with van der Waals surface area (Å²) in [5.74, 6) is 6.51. The van der Waals surface area contributed by atoms with E-state index in [2.05, 4.69) is 16.8 Å². The Hall–Kier alpha value is -2.86. The summed E-state index contributed by atoms with van der Waals surface area (Å²) < 4.78 is 7.88. The second-order valence-electron chi connectivity index (χ2n) is 8.20. The van der Waals surface area contributed by atoms with Crippen LogP contribution in [0, 0.1) is 11.8 Å². The number of carbonyl (C=O) groups is 1. The van der Waals surface area contributed by atoms with Crippen LogP contribution in [0.4, 0.5) is 0 Å². The van der Waals surface area contributed by atoms with Gasteiger partial charge in [0.15, 0.2) is 6.10 Å². The van der Waals surface area contributed by atoms with Crippen molar-refractivity contribution in [2.45, 2.75) is 50.2 Å². The van der Waals surface area contributed by atoms with Gasteiger partial charge >= 0.3 is 0 Å². The largest absolute Gasteiger partial charge is 0.484 e. The summed E-state index contributed by atoms with van der Waals surface area (Å²) in [5.41, 5.74) is 6.01. The average Bonchev–Trinajstić information content (AvgIpc) is 3.30. The van der Waals surface area contributed by atoms with E-state index >= 15 is 0 Å². The number of aliphatic hydroxyl groups excluding tert-OH is 1. The third-order valence-corrected chi connectivity index (χ3v) is 5.64. The highest BCUT2D eigenvalue weighted by Gasteiger charge is 2.31. The van der Waals surface area contributed by atoms with Gasteiger partial charge in [0.2, 0.25) is 0 Å². The first-order valence-corrected chi connectivity index (χ1v) is 10.0. The van der Waals surface area contributed by atoms with Crippen molar-refractivity contribution in [2.24, 2.45) is 5.73 Å². The van der Waals surface area contributed by atoms with Crippen molar-refractivity contribution in [1.82, 2.24) is 14.5 Å². The maximum atomic E-state index is 11.7. The standard InChI is InChI=1S/C22H26N4O4/c1-25(2)21(28)18-13-26-12-16(19(23)27)24-20(26)15-11-14(5-6-17(15)30-18)7-10-22(29)8-3-4-9-22/h5-6,11-12,18,21,28-29H,3-4,8-9,13H2,1-2H3,(H2,23,27). The van der Waals surface area contributed by atoms with Crippen LogP contribution in [0.3, 0.4) is 0 Å². The number of aromatic nitrogens is 2. The Morgan fingerprint density at radius 3 is 2.80 bits per heavy atom. The second kappa shape index (κ2) is 7.76. The van der Waals surface area contributed by atoms with Gasteiger partial charge < -0.3 is 25.3 Å². The normalized spacial score (nSPS) is 20.4. The SMILES string of the molecule is CN(C)C(O)C1Cn2cc(C(N)=O)nc2-c2cc(C#CC3(O)CCCC3)ccc2O1. The summed E-state index contributed by atoms with van der Waals surface area (Å²) >= 11 is 0. The van der Waals surface area contributed by atoms with Crippen molar-refractivity contribution in [3.63, 3.8) is 0 Å². The van der Waals surface area contributed by atoms with Crippen LogP contribution in [0.15, 0.2) is 24.4 Å². The zero-order chi connectivity index (χ0) is 21.5. The molecular weight excluding hydrogens is 384 g/mol. The molecule has 2 atom stereocenters. The summed E-state index contributed by atoms with van der Waals surface area (Å²) in [5, 5.41) is 21.1. The van der Waals surface area contributed by atoms with E-state index in [1.807, 2.05) is 12.1 Å². The molecule has 0 radical (unpaired) electrons. The van der Waals surface area contributed by atoms with E-state index in [4.69, 9.17) is 10.5 Å². The number of aliphatic hydroxyl groups is 2. The highest BCUT2D eigenvalue weighted by molar-refractivity contribution is 5.91. The summed E-state index contributed by atoms with van der Waals surface area (Å²) in [4.78, 5) is 17.8. The summed E-state index contributed by atoms with van der Waals surface area (Å²) in [6.45, 7) is 0.296. The van der Waals surface area contributed by atoms with Gasteiger partial charge in [-0.3, -0.25) is 9.69 Å². The van der Waals surface area contributed by atoms with Crippen LogP contribution in [0.25, 0.3) is 11.4 Å². The Labute approximate surface area is 175 Å². The fourth-order valence-electron chi connectivity index (χ4n) is 3.93. The average molecular weight is 410 g/mol. The molecule has 2 unspecified atom stereocenters. The summed E-state index contributed by atoms with van der Waals surface area (Å²) in [6.07, 6.45) is 3.46. The number of nitrogens with zero attached hydrogens (tertiary/aromatic N) is 3. The number of hydrogen-bond acceptors (Lipinski definition) is 6. The molecule has 2 aromatic rings. The zero-order valence-corrected chi connectivity index (χ0v) is 17.1. The predicted molar refractivity (Wildman–Crippen MR) is 111 cm³/mol. The van der Waals surface area contributed by atoms with Gasteiger partial charge in [-0.05, 0) is 58.0 Å². The van der Waals surface area contributed by atoms with Crippen LogP contribution < -0.4 is 10.5 Å². The van der Waals surface area contributed by atoms with E-state index in [-0.39, 0.29) is 5.69 Å². The van der Waals surface area contributed by atoms with Crippen molar-refractivity contribution in [1.29, 1.82) is 0 Å². The highest BCUT2D eigenvalue weighted by atomic mass is 16.5. The molecule has 1 amide bonds. The molecule has 0 bridgehead atoms. The van der Waals surface area contributed by atoms with Crippen molar-refractivity contribution in [3.8, 4) is 29.0 Å². The van der Waals surface area contributed by atoms with Crippen LogP contribution in [0.5, 0.6) is 5.75 Å². The van der Waals surface area contributed by atoms with Crippen molar-refractivity contribution < 1.29 is 19.7 Å². The lowest BCUT2D eigenvalue weighted by Crippen LogP contribution is -2.44. The van der Waals surface area contributed by atoms with E-state index < -0.39 is 23.8 Å². The van der Waals surface area contributed by atoms with Crippen LogP contribution in [0.2, 0.25) is 0 Å². The predicted octanol–water partition coefficient (Wildman–Crippen LogP) is 0.947. The van der Waals surface area contributed by atoms with Gasteiger partial charge in [-0.2, -0.15) is 0 Å². The lowest BCUT2D eigenvalue weighted by molar-refractivity contribution is -0.0544. The first kappa shape index (κ1) is 20.4. The monoisotopic (exact) mass is 410 g/mol. The van der Waals surface area contributed by atoms with Crippen LogP contribution >= 0.6 is 0 Å². The molecule has 1 aliphatic carbocycles. The first-order valence-electron chi connectivity index (χ1n) is 10.0. The lowest BCUT2D eigenvalue weighted by atomic mass is 10.0. The molecule has 1 aromatic carbocycles. The molecule has 30 heavy (non-hydrogen) atoms. The quantitative estimate of drug-likeness (QED) is 0.513. The lowest BCUT2D eigenvalue weighted by Gasteiger charge is -2.27. The molecule has 1 saturated carbocycles. The van der Waals surface area contributed by atoms with Gasteiger partial charge in [-0.1, -0.05) is 11.8 Å². The number of ether oxygens (including phenoxy) is 1. The molecule has 2 heterocycles.